The summed E-state index contributed by atoms with van der Waals surface area (Å²) in [6, 6.07) is 15.0. The van der Waals surface area contributed by atoms with E-state index in [0.29, 0.717) is 17.5 Å². The second kappa shape index (κ2) is 12.1. The van der Waals surface area contributed by atoms with E-state index >= 15 is 0 Å². The third kappa shape index (κ3) is 9.44. The third-order valence-electron chi connectivity index (χ3n) is 5.97. The van der Waals surface area contributed by atoms with Gasteiger partial charge in [0.2, 0.25) is 15.9 Å². The van der Waals surface area contributed by atoms with Crippen LogP contribution in [0.5, 0.6) is 11.5 Å². The first-order chi connectivity index (χ1) is 16.9. The Kier molecular flexibility index (Phi) is 9.38. The Balaban J connectivity index is 1.45. The zero-order valence-electron chi connectivity index (χ0n) is 22.0. The minimum absolute atomic E-state index is 0.0799. The largest absolute Gasteiger partial charge is 0.457 e. The van der Waals surface area contributed by atoms with Crippen LogP contribution >= 0.6 is 0 Å². The van der Waals surface area contributed by atoms with Gasteiger partial charge in [-0.2, -0.15) is 0 Å². The number of nitrogens with one attached hydrogen (secondary N) is 3. The van der Waals surface area contributed by atoms with Crippen LogP contribution in [0, 0.1) is 0 Å². The molecule has 36 heavy (non-hydrogen) atoms. The minimum atomic E-state index is -3.30. The molecular weight excluding hydrogens is 476 g/mol. The SMILES string of the molecule is CCC(NC1CCN(Cc2ccc(Oc3ccc(NS(C)(=O)=O)cc3)cc2)CC1)C(=O)NC(C)(C)C. The van der Waals surface area contributed by atoms with Crippen LogP contribution in [0.15, 0.2) is 48.5 Å². The van der Waals surface area contributed by atoms with Crippen LogP contribution in [-0.2, 0) is 21.4 Å². The van der Waals surface area contributed by atoms with E-state index < -0.39 is 10.0 Å². The summed E-state index contributed by atoms with van der Waals surface area (Å²) in [6.45, 7) is 10.9. The molecule has 1 unspecified atom stereocenters. The second-order valence-corrected chi connectivity index (χ2v) is 12.3. The van der Waals surface area contributed by atoms with Crippen molar-refractivity contribution in [2.75, 3.05) is 24.1 Å². The van der Waals surface area contributed by atoms with Gasteiger partial charge in [0, 0.05) is 23.8 Å². The average Bonchev–Trinajstić information content (AvgIpc) is 2.79. The molecule has 2 aromatic carbocycles. The van der Waals surface area contributed by atoms with Crippen molar-refractivity contribution in [1.29, 1.82) is 0 Å². The van der Waals surface area contributed by atoms with E-state index in [0.717, 1.165) is 50.9 Å². The molecule has 8 nitrogen and oxygen atoms in total. The van der Waals surface area contributed by atoms with Crippen molar-refractivity contribution in [3.8, 4) is 11.5 Å². The van der Waals surface area contributed by atoms with Gasteiger partial charge in [0.1, 0.15) is 11.5 Å². The van der Waals surface area contributed by atoms with Gasteiger partial charge in [-0.25, -0.2) is 8.42 Å². The highest BCUT2D eigenvalue weighted by atomic mass is 32.2. The van der Waals surface area contributed by atoms with Gasteiger partial charge in [0.15, 0.2) is 0 Å². The highest BCUT2D eigenvalue weighted by Crippen LogP contribution is 2.24. The van der Waals surface area contributed by atoms with Gasteiger partial charge in [-0.05, 0) is 95.1 Å². The number of anilines is 1. The molecule has 1 aliphatic rings. The lowest BCUT2D eigenvalue weighted by Gasteiger charge is -2.35. The summed E-state index contributed by atoms with van der Waals surface area (Å²) in [4.78, 5) is 15.0. The summed E-state index contributed by atoms with van der Waals surface area (Å²) in [5, 5.41) is 6.65. The number of benzene rings is 2. The van der Waals surface area contributed by atoms with E-state index in [4.69, 9.17) is 4.74 Å². The van der Waals surface area contributed by atoms with E-state index in [1.54, 1.807) is 24.3 Å². The Morgan fingerprint density at radius 2 is 1.58 bits per heavy atom. The summed E-state index contributed by atoms with van der Waals surface area (Å²) < 4.78 is 31.0. The molecule has 0 bridgehead atoms. The van der Waals surface area contributed by atoms with E-state index in [-0.39, 0.29) is 17.5 Å². The lowest BCUT2D eigenvalue weighted by atomic mass is 10.0. The Morgan fingerprint density at radius 1 is 1.03 bits per heavy atom. The predicted molar refractivity (Wildman–Crippen MR) is 145 cm³/mol. The molecule has 0 aliphatic carbocycles. The number of amides is 1. The maximum Gasteiger partial charge on any atom is 0.237 e. The minimum Gasteiger partial charge on any atom is -0.457 e. The maximum atomic E-state index is 12.6. The molecule has 3 rings (SSSR count). The molecule has 0 saturated carbocycles. The van der Waals surface area contributed by atoms with Gasteiger partial charge < -0.3 is 15.4 Å². The van der Waals surface area contributed by atoms with Gasteiger partial charge in [0.05, 0.1) is 12.3 Å². The number of hydrogen-bond donors (Lipinski definition) is 3. The topological polar surface area (TPSA) is 99.8 Å². The van der Waals surface area contributed by atoms with Crippen molar-refractivity contribution < 1.29 is 17.9 Å². The molecule has 1 fully saturated rings. The molecule has 1 heterocycles. The number of carbonyl (C=O) groups excluding carboxylic acids is 1. The number of rotatable bonds is 10. The highest BCUT2D eigenvalue weighted by molar-refractivity contribution is 7.92. The molecule has 9 heteroatoms. The van der Waals surface area contributed by atoms with E-state index in [1.165, 1.54) is 5.56 Å². The maximum absolute atomic E-state index is 12.6. The summed E-state index contributed by atoms with van der Waals surface area (Å²) in [7, 11) is -3.30. The van der Waals surface area contributed by atoms with Crippen molar-refractivity contribution in [2.24, 2.45) is 0 Å². The van der Waals surface area contributed by atoms with Crippen molar-refractivity contribution in [1.82, 2.24) is 15.5 Å². The number of nitrogens with zero attached hydrogens (tertiary/aromatic N) is 1. The fourth-order valence-electron chi connectivity index (χ4n) is 4.24. The molecule has 0 spiro atoms. The number of likely N-dealkylation sites (tertiary alicyclic amines) is 1. The van der Waals surface area contributed by atoms with E-state index in [2.05, 4.69) is 32.4 Å². The van der Waals surface area contributed by atoms with Crippen LogP contribution in [-0.4, -0.2) is 56.2 Å². The molecule has 0 radical (unpaired) electrons. The zero-order chi connectivity index (χ0) is 26.3. The molecule has 2 aromatic rings. The molecule has 1 saturated heterocycles. The number of carbonyl (C=O) groups is 1. The Hall–Kier alpha value is -2.62. The Bertz CT molecular complexity index is 1090. The second-order valence-electron chi connectivity index (χ2n) is 10.6. The van der Waals surface area contributed by atoms with E-state index in [1.807, 2.05) is 39.8 Å². The molecular formula is C27H40N4O4S. The zero-order valence-corrected chi connectivity index (χ0v) is 22.8. The van der Waals surface area contributed by atoms with Crippen LogP contribution in [0.3, 0.4) is 0 Å². The molecule has 0 aromatic heterocycles. The molecule has 198 valence electrons. The average molecular weight is 517 g/mol. The lowest BCUT2D eigenvalue weighted by Crippen LogP contribution is -2.54. The lowest BCUT2D eigenvalue weighted by molar-refractivity contribution is -0.125. The predicted octanol–water partition coefficient (Wildman–Crippen LogP) is 4.10. The Labute approximate surface area is 215 Å². The first kappa shape index (κ1) is 28.0. The summed E-state index contributed by atoms with van der Waals surface area (Å²) >= 11 is 0. The van der Waals surface area contributed by atoms with Gasteiger partial charge in [-0.1, -0.05) is 19.1 Å². The third-order valence-corrected chi connectivity index (χ3v) is 6.58. The number of hydrogen-bond acceptors (Lipinski definition) is 6. The molecule has 1 aliphatic heterocycles. The fourth-order valence-corrected chi connectivity index (χ4v) is 4.80. The molecule has 1 amide bonds. The smallest absolute Gasteiger partial charge is 0.237 e. The van der Waals surface area contributed by atoms with Crippen LogP contribution < -0.4 is 20.1 Å². The normalized spacial score (nSPS) is 16.4. The van der Waals surface area contributed by atoms with Crippen LogP contribution in [0.4, 0.5) is 5.69 Å². The van der Waals surface area contributed by atoms with Crippen LogP contribution in [0.1, 0.15) is 52.5 Å². The van der Waals surface area contributed by atoms with Gasteiger partial charge >= 0.3 is 0 Å². The first-order valence-corrected chi connectivity index (χ1v) is 14.4. The Morgan fingerprint density at radius 3 is 2.08 bits per heavy atom. The van der Waals surface area contributed by atoms with Crippen molar-refractivity contribution in [3.63, 3.8) is 0 Å². The van der Waals surface area contributed by atoms with Crippen LogP contribution in [0.2, 0.25) is 0 Å². The van der Waals surface area contributed by atoms with Crippen LogP contribution in [0.25, 0.3) is 0 Å². The fraction of sp³-hybridized carbons (Fsp3) is 0.519. The highest BCUT2D eigenvalue weighted by Gasteiger charge is 2.26. The van der Waals surface area contributed by atoms with Gasteiger partial charge in [-0.3, -0.25) is 14.4 Å². The summed E-state index contributed by atoms with van der Waals surface area (Å²) in [6.07, 6.45) is 3.93. The van der Waals surface area contributed by atoms with Gasteiger partial charge in [0.25, 0.3) is 0 Å². The standard InChI is InChI=1S/C27H40N4O4S/c1-6-25(26(32)29-27(2,3)4)28-21-15-17-31(18-16-21)19-20-7-11-23(12-8-20)35-24-13-9-22(10-14-24)30-36(5,33)34/h7-14,21,25,28,30H,6,15-19H2,1-5H3,(H,29,32). The first-order valence-electron chi connectivity index (χ1n) is 12.6. The van der Waals surface area contributed by atoms with Crippen molar-refractivity contribution in [3.05, 3.63) is 54.1 Å². The van der Waals surface area contributed by atoms with Crippen molar-refractivity contribution in [2.45, 2.75) is 71.1 Å². The number of ether oxygens (including phenoxy) is 1. The summed E-state index contributed by atoms with van der Waals surface area (Å²) in [5.74, 6) is 1.44. The monoisotopic (exact) mass is 516 g/mol. The van der Waals surface area contributed by atoms with Gasteiger partial charge in [-0.15, -0.1) is 0 Å². The number of sulfonamides is 1. The van der Waals surface area contributed by atoms with E-state index in [9.17, 15) is 13.2 Å². The summed E-state index contributed by atoms with van der Waals surface area (Å²) in [5.41, 5.74) is 1.49. The van der Waals surface area contributed by atoms with Crippen molar-refractivity contribution >= 4 is 21.6 Å². The molecule has 1 atom stereocenters. The number of piperidine rings is 1. The molecule has 3 N–H and O–H groups in total. The quantitative estimate of drug-likeness (QED) is 0.440.